The van der Waals surface area contributed by atoms with Crippen molar-refractivity contribution < 1.29 is 33.5 Å². The molecule has 2 aromatic rings. The molecule has 6 nitrogen and oxygen atoms in total. The Hall–Kier alpha value is -1.96. The van der Waals surface area contributed by atoms with Crippen molar-refractivity contribution in [2.45, 2.75) is 13.8 Å². The molecule has 3 rings (SSSR count). The number of rotatable bonds is 2. The molecule has 0 aliphatic carbocycles. The van der Waals surface area contributed by atoms with Crippen molar-refractivity contribution in [2.24, 2.45) is 0 Å². The van der Waals surface area contributed by atoms with Crippen molar-refractivity contribution >= 4 is 17.7 Å². The van der Waals surface area contributed by atoms with Crippen LogP contribution in [0.1, 0.15) is 11.1 Å². The highest BCUT2D eigenvalue weighted by atomic mass is 35.7. The van der Waals surface area contributed by atoms with Crippen LogP contribution in [0.25, 0.3) is 0 Å². The highest BCUT2D eigenvalue weighted by Gasteiger charge is 2.21. The summed E-state index contributed by atoms with van der Waals surface area (Å²) in [5.41, 5.74) is 5.14. The van der Waals surface area contributed by atoms with E-state index in [-0.39, 0.29) is 0 Å². The lowest BCUT2D eigenvalue weighted by Crippen LogP contribution is -2.68. The van der Waals surface area contributed by atoms with E-state index in [9.17, 15) is 0 Å². The lowest BCUT2D eigenvalue weighted by molar-refractivity contribution is -2.00. The molecule has 0 saturated heterocycles. The van der Waals surface area contributed by atoms with Gasteiger partial charge in [-0.3, -0.25) is 0 Å². The first-order valence-electron chi connectivity index (χ1n) is 7.36. The van der Waals surface area contributed by atoms with Crippen LogP contribution in [0, 0.1) is 24.1 Å². The molecule has 0 unspecified atom stereocenters. The molecule has 0 aromatic heterocycles. The van der Waals surface area contributed by atoms with Gasteiger partial charge in [0.2, 0.25) is 6.34 Å². The minimum Gasteiger partial charge on any atom is -0.230 e. The van der Waals surface area contributed by atoms with E-state index in [0.29, 0.717) is 0 Å². The maximum Gasteiger partial charge on any atom is 0.244 e. The van der Waals surface area contributed by atoms with Crippen LogP contribution in [0.3, 0.4) is 0 Å². The van der Waals surface area contributed by atoms with E-state index in [0.717, 1.165) is 13.1 Å². The number of anilines is 1. The van der Waals surface area contributed by atoms with Gasteiger partial charge in [0.25, 0.3) is 0 Å². The largest absolute Gasteiger partial charge is 0.244 e. The first-order chi connectivity index (χ1) is 11.2. The van der Waals surface area contributed by atoms with Crippen molar-refractivity contribution in [3.05, 3.63) is 59.7 Å². The number of hydrogen-bond donors (Lipinski definition) is 0. The molecule has 24 heavy (non-hydrogen) atoms. The van der Waals surface area contributed by atoms with Gasteiger partial charge in [-0.1, -0.05) is 35.4 Å². The fourth-order valence-corrected chi connectivity index (χ4v) is 2.36. The molecule has 128 valence electrons. The number of nitrogens with zero attached hydrogens (tertiary/aromatic N) is 2. The average molecular weight is 351 g/mol. The minimum atomic E-state index is -4.94. The molecule has 0 radical (unpaired) electrons. The fourth-order valence-electron chi connectivity index (χ4n) is 2.36. The van der Waals surface area contributed by atoms with Crippen LogP contribution in [0.15, 0.2) is 48.5 Å². The van der Waals surface area contributed by atoms with Gasteiger partial charge in [-0.15, -0.1) is 10.2 Å². The Kier molecular flexibility index (Phi) is 5.93. The zero-order valence-corrected chi connectivity index (χ0v) is 14.3. The van der Waals surface area contributed by atoms with Gasteiger partial charge in [0.05, 0.1) is 0 Å². The third kappa shape index (κ3) is 5.92. The molecule has 1 aliphatic rings. The van der Waals surface area contributed by atoms with Crippen molar-refractivity contribution in [3.8, 4) is 0 Å². The summed E-state index contributed by atoms with van der Waals surface area (Å²) in [4.78, 5) is 2.30. The van der Waals surface area contributed by atoms with E-state index >= 15 is 0 Å². The van der Waals surface area contributed by atoms with Gasteiger partial charge in [0, 0.05) is 0 Å². The number of benzene rings is 2. The molecule has 0 spiro atoms. The summed E-state index contributed by atoms with van der Waals surface area (Å²) in [5.74, 6) is 0. The van der Waals surface area contributed by atoms with Crippen LogP contribution in [-0.4, -0.2) is 24.0 Å². The van der Waals surface area contributed by atoms with Gasteiger partial charge in [0.15, 0.2) is 0 Å². The molecule has 1 aliphatic heterocycles. The molecule has 0 N–H and O–H groups in total. The number of halogens is 1. The van der Waals surface area contributed by atoms with Gasteiger partial charge < -0.3 is 0 Å². The highest BCUT2D eigenvalue weighted by molar-refractivity contribution is 5.78. The summed E-state index contributed by atoms with van der Waals surface area (Å²) in [6.07, 6.45) is 2.20. The smallest absolute Gasteiger partial charge is 0.230 e. The number of hydrogen-bond acceptors (Lipinski definition) is 5. The van der Waals surface area contributed by atoms with Gasteiger partial charge in [-0.05, 0) is 38.1 Å². The molecule has 0 saturated carbocycles. The first kappa shape index (κ1) is 18.4. The van der Waals surface area contributed by atoms with Crippen LogP contribution in [0.5, 0.6) is 0 Å². The van der Waals surface area contributed by atoms with Crippen molar-refractivity contribution in [1.82, 2.24) is 0 Å². The molecular formula is C17H19ClN2O4. The summed E-state index contributed by atoms with van der Waals surface area (Å²) in [5, 5.41) is 0. The predicted octanol–water partition coefficient (Wildman–Crippen LogP) is -1.26. The van der Waals surface area contributed by atoms with E-state index in [4.69, 9.17) is 18.6 Å². The van der Waals surface area contributed by atoms with Crippen molar-refractivity contribution in [1.29, 1.82) is 0 Å². The summed E-state index contributed by atoms with van der Waals surface area (Å²) < 4.78 is 36.3. The third-order valence-corrected chi connectivity index (χ3v) is 3.59. The van der Waals surface area contributed by atoms with E-state index in [1.807, 2.05) is 0 Å². The molecular weight excluding hydrogens is 332 g/mol. The summed E-state index contributed by atoms with van der Waals surface area (Å²) in [7, 11) is -4.94. The van der Waals surface area contributed by atoms with Gasteiger partial charge in [-0.25, -0.2) is 28.1 Å². The lowest BCUT2D eigenvalue weighted by atomic mass is 10.2. The lowest BCUT2D eigenvalue weighted by Gasteiger charge is -2.17. The molecule has 1 heterocycles. The van der Waals surface area contributed by atoms with Gasteiger partial charge in [0.1, 0.15) is 24.5 Å². The van der Waals surface area contributed by atoms with Crippen LogP contribution in [-0.2, 0) is 0 Å². The summed E-state index contributed by atoms with van der Waals surface area (Å²) >= 11 is 0. The second-order valence-corrected chi connectivity index (χ2v) is 6.31. The van der Waals surface area contributed by atoms with Crippen LogP contribution >= 0.6 is 0 Å². The standard InChI is InChI=1S/C17H19N2.ClHO4/c1-14-3-7-16(8-4-14)18-11-12-19(13-18)17-9-5-15(2)6-10-17;2-1(3,4)5/h3-10,13H,11-12H2,1-2H3;(H,2,3,4,5)/q+1;/p-1. The Balaban J connectivity index is 0.000000368. The van der Waals surface area contributed by atoms with Crippen molar-refractivity contribution in [2.75, 3.05) is 18.0 Å². The Morgan fingerprint density at radius 3 is 1.79 bits per heavy atom. The molecule has 2 aromatic carbocycles. The van der Waals surface area contributed by atoms with Crippen LogP contribution < -0.4 is 23.5 Å². The van der Waals surface area contributed by atoms with E-state index in [1.165, 1.54) is 22.5 Å². The Morgan fingerprint density at radius 1 is 0.833 bits per heavy atom. The molecule has 0 atom stereocenters. The fraction of sp³-hybridized carbons (Fsp3) is 0.235. The topological polar surface area (TPSA) is 98.5 Å². The zero-order chi connectivity index (χ0) is 17.7. The second kappa shape index (κ2) is 7.74. The average Bonchev–Trinajstić information content (AvgIpc) is 2.97. The maximum absolute atomic E-state index is 8.49. The van der Waals surface area contributed by atoms with E-state index in [1.54, 1.807) is 0 Å². The summed E-state index contributed by atoms with van der Waals surface area (Å²) in [6, 6.07) is 17.4. The SMILES string of the molecule is Cc1ccc(N2C=[N+](c3ccc(C)cc3)CC2)cc1.[O-][Cl+3]([O-])([O-])[O-]. The Bertz CT molecular complexity index is 688. The van der Waals surface area contributed by atoms with Crippen molar-refractivity contribution in [3.63, 3.8) is 0 Å². The second-order valence-electron chi connectivity index (χ2n) is 5.55. The first-order valence-corrected chi connectivity index (χ1v) is 8.59. The molecule has 0 fully saturated rings. The Morgan fingerprint density at radius 2 is 1.29 bits per heavy atom. The monoisotopic (exact) mass is 350 g/mol. The van der Waals surface area contributed by atoms with E-state index < -0.39 is 10.2 Å². The quantitative estimate of drug-likeness (QED) is 0.630. The highest BCUT2D eigenvalue weighted by Crippen LogP contribution is 2.19. The predicted molar refractivity (Wildman–Crippen MR) is 80.6 cm³/mol. The number of aryl methyl sites for hydroxylation is 2. The third-order valence-electron chi connectivity index (χ3n) is 3.59. The molecule has 0 amide bonds. The maximum atomic E-state index is 8.49. The zero-order valence-electron chi connectivity index (χ0n) is 13.5. The van der Waals surface area contributed by atoms with Gasteiger partial charge >= 0.3 is 0 Å². The Labute approximate surface area is 143 Å². The summed E-state index contributed by atoms with van der Waals surface area (Å²) in [6.45, 7) is 6.32. The van der Waals surface area contributed by atoms with E-state index in [2.05, 4.69) is 78.2 Å². The molecule has 0 bridgehead atoms. The normalized spacial score (nSPS) is 14.1. The van der Waals surface area contributed by atoms with Crippen LogP contribution in [0.4, 0.5) is 11.4 Å². The molecule has 7 heteroatoms. The van der Waals surface area contributed by atoms with Gasteiger partial charge in [-0.2, -0.15) is 0 Å². The minimum absolute atomic E-state index is 1.04. The van der Waals surface area contributed by atoms with Crippen LogP contribution in [0.2, 0.25) is 0 Å².